The highest BCUT2D eigenvalue weighted by Crippen LogP contribution is 2.26. The molecule has 3 rings (SSSR count). The molecule has 0 unspecified atom stereocenters. The molecule has 1 aromatic heterocycles. The molecule has 0 N–H and O–H groups in total. The highest BCUT2D eigenvalue weighted by Gasteiger charge is 2.13. The molecule has 0 saturated heterocycles. The highest BCUT2D eigenvalue weighted by atomic mass is 79.9. The second-order valence-corrected chi connectivity index (χ2v) is 6.89. The fraction of sp³-hybridized carbons (Fsp3) is 0.188. The topological polar surface area (TPSA) is 43.6 Å². The third kappa shape index (κ3) is 3.23. The summed E-state index contributed by atoms with van der Waals surface area (Å²) >= 11 is 5.13. The molecule has 0 spiro atoms. The standard InChI is InChI=1S/C16H15BrN4S/c1-11-5-3-6-12(2)15(11)21-16(18-19-20-21)22-10-13-7-4-8-14(17)9-13/h3-9H,10H2,1-2H3. The van der Waals surface area contributed by atoms with Gasteiger partial charge in [-0.15, -0.1) is 5.10 Å². The van der Waals surface area contributed by atoms with E-state index in [4.69, 9.17) is 0 Å². The van der Waals surface area contributed by atoms with Crippen LogP contribution < -0.4 is 0 Å². The number of nitrogens with zero attached hydrogens (tertiary/aromatic N) is 4. The van der Waals surface area contributed by atoms with Gasteiger partial charge in [0, 0.05) is 10.2 Å². The van der Waals surface area contributed by atoms with E-state index in [-0.39, 0.29) is 0 Å². The third-order valence-corrected chi connectivity index (χ3v) is 4.83. The van der Waals surface area contributed by atoms with Gasteiger partial charge in [-0.1, -0.05) is 58.0 Å². The molecule has 0 atom stereocenters. The van der Waals surface area contributed by atoms with E-state index in [2.05, 4.69) is 69.6 Å². The minimum absolute atomic E-state index is 0.803. The summed E-state index contributed by atoms with van der Waals surface area (Å²) in [5.41, 5.74) is 4.62. The minimum Gasteiger partial charge on any atom is -0.187 e. The van der Waals surface area contributed by atoms with Crippen LogP contribution in [0.25, 0.3) is 5.69 Å². The first kappa shape index (κ1) is 15.2. The van der Waals surface area contributed by atoms with E-state index in [0.717, 1.165) is 32.2 Å². The number of aromatic nitrogens is 4. The van der Waals surface area contributed by atoms with Crippen LogP contribution in [0, 0.1) is 13.8 Å². The summed E-state index contributed by atoms with van der Waals surface area (Å²) in [6, 6.07) is 14.5. The molecule has 1 heterocycles. The van der Waals surface area contributed by atoms with Gasteiger partial charge in [0.05, 0.1) is 5.69 Å². The van der Waals surface area contributed by atoms with Crippen molar-refractivity contribution in [3.8, 4) is 5.69 Å². The first-order valence-electron chi connectivity index (χ1n) is 6.87. The second kappa shape index (κ2) is 6.62. The number of aryl methyl sites for hydroxylation is 2. The van der Waals surface area contributed by atoms with Crippen LogP contribution in [0.1, 0.15) is 16.7 Å². The molecule has 0 saturated carbocycles. The van der Waals surface area contributed by atoms with E-state index >= 15 is 0 Å². The Hall–Kier alpha value is -1.66. The van der Waals surface area contributed by atoms with Crippen LogP contribution in [0.2, 0.25) is 0 Å². The average molecular weight is 375 g/mol. The molecule has 0 aliphatic carbocycles. The Bertz CT molecular complexity index is 780. The van der Waals surface area contributed by atoms with Crippen molar-refractivity contribution >= 4 is 27.7 Å². The molecule has 0 fully saturated rings. The number of benzene rings is 2. The number of hydrogen-bond acceptors (Lipinski definition) is 4. The van der Waals surface area contributed by atoms with Gasteiger partial charge in [0.25, 0.3) is 0 Å². The molecule has 0 amide bonds. The Morgan fingerprint density at radius 2 is 1.82 bits per heavy atom. The summed E-state index contributed by atoms with van der Waals surface area (Å²) in [7, 11) is 0. The maximum Gasteiger partial charge on any atom is 0.214 e. The van der Waals surface area contributed by atoms with Gasteiger partial charge in [-0.3, -0.25) is 0 Å². The van der Waals surface area contributed by atoms with Crippen LogP contribution >= 0.6 is 27.7 Å². The number of para-hydroxylation sites is 1. The van der Waals surface area contributed by atoms with Crippen molar-refractivity contribution in [2.75, 3.05) is 0 Å². The molecule has 3 aromatic rings. The molecule has 112 valence electrons. The summed E-state index contributed by atoms with van der Waals surface area (Å²) < 4.78 is 2.91. The summed E-state index contributed by atoms with van der Waals surface area (Å²) in [6.07, 6.45) is 0. The lowest BCUT2D eigenvalue weighted by Crippen LogP contribution is -2.04. The average Bonchev–Trinajstić information content (AvgIpc) is 2.93. The molecule has 0 radical (unpaired) electrons. The fourth-order valence-corrected chi connectivity index (χ4v) is 3.59. The largest absolute Gasteiger partial charge is 0.214 e. The van der Waals surface area contributed by atoms with Crippen molar-refractivity contribution in [3.05, 3.63) is 63.6 Å². The zero-order valence-corrected chi connectivity index (χ0v) is 14.7. The zero-order valence-electron chi connectivity index (χ0n) is 12.3. The van der Waals surface area contributed by atoms with Crippen LogP contribution in [0.5, 0.6) is 0 Å². The normalized spacial score (nSPS) is 10.9. The van der Waals surface area contributed by atoms with Crippen LogP contribution in [-0.2, 0) is 5.75 Å². The van der Waals surface area contributed by atoms with Crippen molar-refractivity contribution < 1.29 is 0 Å². The van der Waals surface area contributed by atoms with Crippen molar-refractivity contribution in [2.45, 2.75) is 24.8 Å². The van der Waals surface area contributed by atoms with Gasteiger partial charge in [0.2, 0.25) is 5.16 Å². The molecule has 0 aliphatic rings. The highest BCUT2D eigenvalue weighted by molar-refractivity contribution is 9.10. The Balaban J connectivity index is 1.87. The smallest absolute Gasteiger partial charge is 0.187 e. The fourth-order valence-electron chi connectivity index (χ4n) is 2.32. The lowest BCUT2D eigenvalue weighted by atomic mass is 10.1. The summed E-state index contributed by atoms with van der Waals surface area (Å²) in [5, 5.41) is 13.0. The van der Waals surface area contributed by atoms with E-state index < -0.39 is 0 Å². The van der Waals surface area contributed by atoms with E-state index in [1.54, 1.807) is 11.8 Å². The summed E-state index contributed by atoms with van der Waals surface area (Å²) in [5.74, 6) is 0.824. The summed E-state index contributed by atoms with van der Waals surface area (Å²) in [4.78, 5) is 0. The van der Waals surface area contributed by atoms with Crippen LogP contribution in [0.3, 0.4) is 0 Å². The predicted molar refractivity (Wildman–Crippen MR) is 92.3 cm³/mol. The molecule has 2 aromatic carbocycles. The Morgan fingerprint density at radius 1 is 1.09 bits per heavy atom. The number of hydrogen-bond donors (Lipinski definition) is 0. The van der Waals surface area contributed by atoms with Gasteiger partial charge in [-0.2, -0.15) is 4.68 Å². The predicted octanol–water partition coefficient (Wildman–Crippen LogP) is 4.33. The first-order chi connectivity index (χ1) is 10.6. The van der Waals surface area contributed by atoms with Crippen LogP contribution in [0.4, 0.5) is 0 Å². The van der Waals surface area contributed by atoms with E-state index in [1.165, 1.54) is 5.56 Å². The Labute approximate surface area is 142 Å². The second-order valence-electron chi connectivity index (χ2n) is 5.03. The molecular formula is C16H15BrN4S. The number of rotatable bonds is 4. The van der Waals surface area contributed by atoms with Crippen molar-refractivity contribution in [1.29, 1.82) is 0 Å². The molecule has 6 heteroatoms. The van der Waals surface area contributed by atoms with E-state index in [1.807, 2.05) is 22.9 Å². The number of tetrazole rings is 1. The number of halogens is 1. The van der Waals surface area contributed by atoms with Gasteiger partial charge in [0.15, 0.2) is 0 Å². The van der Waals surface area contributed by atoms with Crippen LogP contribution in [0.15, 0.2) is 52.1 Å². The minimum atomic E-state index is 0.803. The molecule has 0 bridgehead atoms. The van der Waals surface area contributed by atoms with Gasteiger partial charge < -0.3 is 0 Å². The van der Waals surface area contributed by atoms with E-state index in [0.29, 0.717) is 0 Å². The lowest BCUT2D eigenvalue weighted by Gasteiger charge is -2.10. The maximum absolute atomic E-state index is 4.17. The SMILES string of the molecule is Cc1cccc(C)c1-n1nnnc1SCc1cccc(Br)c1. The third-order valence-electron chi connectivity index (χ3n) is 3.35. The van der Waals surface area contributed by atoms with Gasteiger partial charge in [0.1, 0.15) is 0 Å². The van der Waals surface area contributed by atoms with Crippen LogP contribution in [-0.4, -0.2) is 20.2 Å². The zero-order chi connectivity index (χ0) is 15.5. The quantitative estimate of drug-likeness (QED) is 0.637. The summed E-state index contributed by atoms with van der Waals surface area (Å²) in [6.45, 7) is 4.15. The Kier molecular flexibility index (Phi) is 4.59. The monoisotopic (exact) mass is 374 g/mol. The number of thioether (sulfide) groups is 1. The Morgan fingerprint density at radius 3 is 2.55 bits per heavy atom. The van der Waals surface area contributed by atoms with Crippen molar-refractivity contribution in [2.24, 2.45) is 0 Å². The van der Waals surface area contributed by atoms with Crippen molar-refractivity contribution in [3.63, 3.8) is 0 Å². The lowest BCUT2D eigenvalue weighted by molar-refractivity contribution is 0.747. The molecular weight excluding hydrogens is 360 g/mol. The maximum atomic E-state index is 4.17. The first-order valence-corrected chi connectivity index (χ1v) is 8.65. The van der Waals surface area contributed by atoms with Crippen molar-refractivity contribution in [1.82, 2.24) is 20.2 Å². The van der Waals surface area contributed by atoms with Gasteiger partial charge >= 0.3 is 0 Å². The van der Waals surface area contributed by atoms with Gasteiger partial charge in [-0.25, -0.2) is 0 Å². The molecule has 22 heavy (non-hydrogen) atoms. The van der Waals surface area contributed by atoms with Gasteiger partial charge in [-0.05, 0) is 53.1 Å². The molecule has 0 aliphatic heterocycles. The molecule has 4 nitrogen and oxygen atoms in total. The van der Waals surface area contributed by atoms with E-state index in [9.17, 15) is 0 Å².